The second-order valence-electron chi connectivity index (χ2n) is 6.79. The third-order valence-corrected chi connectivity index (χ3v) is 5.01. The number of carbonyl (C=O) groups excluding carboxylic acids is 1. The van der Waals surface area contributed by atoms with Crippen molar-refractivity contribution in [3.63, 3.8) is 0 Å². The van der Waals surface area contributed by atoms with Crippen molar-refractivity contribution in [1.82, 2.24) is 9.80 Å². The van der Waals surface area contributed by atoms with E-state index in [1.165, 1.54) is 17.7 Å². The van der Waals surface area contributed by atoms with Crippen molar-refractivity contribution in [2.45, 2.75) is 19.4 Å². The highest BCUT2D eigenvalue weighted by Gasteiger charge is 2.25. The lowest BCUT2D eigenvalue weighted by Crippen LogP contribution is -2.53. The minimum absolute atomic E-state index is 0.0469. The van der Waals surface area contributed by atoms with Crippen LogP contribution in [0.1, 0.15) is 12.5 Å². The van der Waals surface area contributed by atoms with Crippen LogP contribution in [0.5, 0.6) is 0 Å². The smallest absolute Gasteiger partial charge is 0.241 e. The first kappa shape index (κ1) is 18.5. The fourth-order valence-corrected chi connectivity index (χ4v) is 3.25. The van der Waals surface area contributed by atoms with Crippen LogP contribution in [0.15, 0.2) is 54.6 Å². The highest BCUT2D eigenvalue weighted by atomic mass is 19.1. The van der Waals surface area contributed by atoms with Gasteiger partial charge >= 0.3 is 0 Å². The number of amides is 1. The van der Waals surface area contributed by atoms with Crippen molar-refractivity contribution >= 4 is 11.6 Å². The monoisotopic (exact) mass is 355 g/mol. The Morgan fingerprint density at radius 2 is 1.69 bits per heavy atom. The predicted molar refractivity (Wildman–Crippen MR) is 103 cm³/mol. The van der Waals surface area contributed by atoms with Crippen LogP contribution in [0.25, 0.3) is 0 Å². The Labute approximate surface area is 154 Å². The van der Waals surface area contributed by atoms with Crippen LogP contribution in [0.4, 0.5) is 10.1 Å². The highest BCUT2D eigenvalue weighted by molar-refractivity contribution is 5.94. The first-order valence-electron chi connectivity index (χ1n) is 9.18. The number of nitrogens with one attached hydrogen (secondary N) is 1. The van der Waals surface area contributed by atoms with E-state index in [1.54, 1.807) is 12.1 Å². The van der Waals surface area contributed by atoms with Gasteiger partial charge in [0.2, 0.25) is 5.91 Å². The summed E-state index contributed by atoms with van der Waals surface area (Å²) in [6.45, 7) is 6.69. The van der Waals surface area contributed by atoms with Crippen LogP contribution in [0.3, 0.4) is 0 Å². The lowest BCUT2D eigenvalue weighted by atomic mass is 10.1. The summed E-state index contributed by atoms with van der Waals surface area (Å²) in [5.41, 5.74) is 1.99. The minimum Gasteiger partial charge on any atom is -0.325 e. The second kappa shape index (κ2) is 8.92. The molecule has 1 amide bonds. The van der Waals surface area contributed by atoms with Crippen LogP contribution in [0, 0.1) is 5.82 Å². The molecule has 1 atom stereocenters. The topological polar surface area (TPSA) is 35.6 Å². The minimum atomic E-state index is -0.303. The Hall–Kier alpha value is -2.24. The van der Waals surface area contributed by atoms with Crippen LogP contribution in [0.2, 0.25) is 0 Å². The summed E-state index contributed by atoms with van der Waals surface area (Å²) in [5.74, 6) is -0.350. The summed E-state index contributed by atoms with van der Waals surface area (Å²) in [4.78, 5) is 17.1. The normalized spacial score (nSPS) is 17.0. The van der Waals surface area contributed by atoms with Gasteiger partial charge in [-0.3, -0.25) is 9.69 Å². The van der Waals surface area contributed by atoms with E-state index in [0.717, 1.165) is 39.1 Å². The van der Waals surface area contributed by atoms with E-state index in [0.29, 0.717) is 5.69 Å². The van der Waals surface area contributed by atoms with Crippen LogP contribution in [-0.4, -0.2) is 54.5 Å². The maximum absolute atomic E-state index is 13.0. The molecule has 1 aliphatic heterocycles. The van der Waals surface area contributed by atoms with E-state index in [2.05, 4.69) is 39.4 Å². The molecule has 2 aromatic rings. The Bertz CT molecular complexity index is 697. The third-order valence-electron chi connectivity index (χ3n) is 5.01. The number of hydrogen-bond donors (Lipinski definition) is 1. The van der Waals surface area contributed by atoms with Crippen LogP contribution >= 0.6 is 0 Å². The first-order valence-corrected chi connectivity index (χ1v) is 9.18. The number of piperazine rings is 1. The van der Waals surface area contributed by atoms with Crippen LogP contribution in [-0.2, 0) is 11.2 Å². The van der Waals surface area contributed by atoms with Crippen molar-refractivity contribution < 1.29 is 9.18 Å². The maximum atomic E-state index is 13.0. The molecular formula is C21H26FN3O. The molecule has 1 N–H and O–H groups in total. The molecule has 0 aliphatic carbocycles. The summed E-state index contributed by atoms with van der Waals surface area (Å²) in [5, 5.41) is 2.86. The Morgan fingerprint density at radius 1 is 1.04 bits per heavy atom. The quantitative estimate of drug-likeness (QED) is 0.865. The zero-order valence-corrected chi connectivity index (χ0v) is 15.2. The summed E-state index contributed by atoms with van der Waals surface area (Å²) in [7, 11) is 0. The van der Waals surface area contributed by atoms with Gasteiger partial charge in [0.05, 0.1) is 6.04 Å². The lowest BCUT2D eigenvalue weighted by Gasteiger charge is -2.37. The number of nitrogens with zero attached hydrogens (tertiary/aromatic N) is 2. The molecular weight excluding hydrogens is 329 g/mol. The zero-order chi connectivity index (χ0) is 18.4. The van der Waals surface area contributed by atoms with E-state index in [1.807, 2.05) is 13.0 Å². The van der Waals surface area contributed by atoms with E-state index in [4.69, 9.17) is 0 Å². The maximum Gasteiger partial charge on any atom is 0.241 e. The number of carbonyl (C=O) groups is 1. The van der Waals surface area contributed by atoms with Gasteiger partial charge in [-0.15, -0.1) is 0 Å². The molecule has 0 radical (unpaired) electrons. The van der Waals surface area contributed by atoms with Crippen molar-refractivity contribution in [2.75, 3.05) is 38.0 Å². The lowest BCUT2D eigenvalue weighted by molar-refractivity contribution is -0.121. The average molecular weight is 355 g/mol. The molecule has 1 saturated heterocycles. The van der Waals surface area contributed by atoms with Gasteiger partial charge in [0.15, 0.2) is 0 Å². The fraction of sp³-hybridized carbons (Fsp3) is 0.381. The van der Waals surface area contributed by atoms with Crippen molar-refractivity contribution in [1.29, 1.82) is 0 Å². The SMILES string of the molecule is C[C@@H](C(=O)Nc1ccc(F)cc1)N1CCN(CCc2ccccc2)CC1. The summed E-state index contributed by atoms with van der Waals surface area (Å²) >= 11 is 0. The summed E-state index contributed by atoms with van der Waals surface area (Å²) in [6, 6.07) is 16.2. The molecule has 0 aromatic heterocycles. The Morgan fingerprint density at radius 3 is 2.35 bits per heavy atom. The molecule has 138 valence electrons. The zero-order valence-electron chi connectivity index (χ0n) is 15.2. The second-order valence-corrected chi connectivity index (χ2v) is 6.79. The first-order chi connectivity index (χ1) is 12.6. The van der Waals surface area contributed by atoms with E-state index >= 15 is 0 Å². The molecule has 0 saturated carbocycles. The number of hydrogen-bond acceptors (Lipinski definition) is 3. The number of halogens is 1. The molecule has 0 bridgehead atoms. The van der Waals surface area contributed by atoms with E-state index in [-0.39, 0.29) is 17.8 Å². The molecule has 1 heterocycles. The van der Waals surface area contributed by atoms with Gasteiger partial charge in [-0.1, -0.05) is 30.3 Å². The van der Waals surface area contributed by atoms with E-state index in [9.17, 15) is 9.18 Å². The third kappa shape index (κ3) is 5.13. The van der Waals surface area contributed by atoms with Gasteiger partial charge < -0.3 is 10.2 Å². The molecule has 1 aliphatic rings. The largest absolute Gasteiger partial charge is 0.325 e. The molecule has 0 unspecified atom stereocenters. The number of anilines is 1. The molecule has 3 rings (SSSR count). The van der Waals surface area contributed by atoms with Crippen LogP contribution < -0.4 is 5.32 Å². The molecule has 0 spiro atoms. The van der Waals surface area contributed by atoms with Gasteiger partial charge in [0, 0.05) is 38.4 Å². The highest BCUT2D eigenvalue weighted by Crippen LogP contribution is 2.12. The molecule has 5 heteroatoms. The van der Waals surface area contributed by atoms with Gasteiger partial charge in [0.1, 0.15) is 5.82 Å². The fourth-order valence-electron chi connectivity index (χ4n) is 3.25. The number of rotatable bonds is 6. The van der Waals surface area contributed by atoms with E-state index < -0.39 is 0 Å². The Kier molecular flexibility index (Phi) is 6.36. The molecule has 26 heavy (non-hydrogen) atoms. The molecule has 4 nitrogen and oxygen atoms in total. The van der Waals surface area contributed by atoms with Gasteiger partial charge in [-0.25, -0.2) is 4.39 Å². The van der Waals surface area contributed by atoms with Gasteiger partial charge in [-0.2, -0.15) is 0 Å². The Balaban J connectivity index is 1.43. The molecule has 1 fully saturated rings. The van der Waals surface area contributed by atoms with Crippen molar-refractivity contribution in [2.24, 2.45) is 0 Å². The average Bonchev–Trinajstić information content (AvgIpc) is 2.69. The predicted octanol–water partition coefficient (Wildman–Crippen LogP) is 3.01. The summed E-state index contributed by atoms with van der Waals surface area (Å²) in [6.07, 6.45) is 1.06. The standard InChI is InChI=1S/C21H26FN3O/c1-17(21(26)23-20-9-7-19(22)8-10-20)25-15-13-24(14-16-25)12-11-18-5-3-2-4-6-18/h2-10,17H,11-16H2,1H3,(H,23,26)/t17-/m0/s1. The van der Waals surface area contributed by atoms with Gasteiger partial charge in [-0.05, 0) is 43.2 Å². The molecule has 2 aromatic carbocycles. The van der Waals surface area contributed by atoms with Gasteiger partial charge in [0.25, 0.3) is 0 Å². The number of benzene rings is 2. The summed E-state index contributed by atoms with van der Waals surface area (Å²) < 4.78 is 13.0. The van der Waals surface area contributed by atoms with Crippen molar-refractivity contribution in [3.05, 3.63) is 66.0 Å². The van der Waals surface area contributed by atoms with Crippen molar-refractivity contribution in [3.8, 4) is 0 Å².